The van der Waals surface area contributed by atoms with Gasteiger partial charge >= 0.3 is 0 Å². The van der Waals surface area contributed by atoms with Gasteiger partial charge in [0, 0.05) is 34.1 Å². The number of benzene rings is 11. The van der Waals surface area contributed by atoms with Gasteiger partial charge in [0.05, 0.1) is 5.41 Å². The number of aryl methyl sites for hydroxylation is 1. The number of hydrogen-bond acceptors (Lipinski definition) is 2. The lowest BCUT2D eigenvalue weighted by molar-refractivity contribution is 0.743. The van der Waals surface area contributed by atoms with Gasteiger partial charge in [0.2, 0.25) is 0 Å². The molecule has 0 N–H and O–H groups in total. The molecule has 0 aliphatic heterocycles. The van der Waals surface area contributed by atoms with Crippen molar-refractivity contribution in [1.82, 2.24) is 0 Å². The van der Waals surface area contributed by atoms with Crippen LogP contribution in [0.5, 0.6) is 0 Å². The highest BCUT2D eigenvalue weighted by atomic mass is 15.1. The minimum atomic E-state index is -0.436. The Morgan fingerprint density at radius 2 is 0.648 bits per heavy atom. The maximum absolute atomic E-state index is 2.43. The second kappa shape index (κ2) is 18.5. The first-order chi connectivity index (χ1) is 35.0. The van der Waals surface area contributed by atoms with Gasteiger partial charge in [0.15, 0.2) is 0 Å². The Bertz CT molecular complexity index is 3660. The average molecular weight is 909 g/mol. The Morgan fingerprint density at radius 3 is 1.13 bits per heavy atom. The van der Waals surface area contributed by atoms with Crippen molar-refractivity contribution < 1.29 is 0 Å². The summed E-state index contributed by atoms with van der Waals surface area (Å²) >= 11 is 0. The fourth-order valence-corrected chi connectivity index (χ4v) is 10.8. The summed E-state index contributed by atoms with van der Waals surface area (Å²) in [4.78, 5) is 4.76. The highest BCUT2D eigenvalue weighted by Crippen LogP contribution is 2.53. The van der Waals surface area contributed by atoms with E-state index in [1.165, 1.54) is 66.4 Å². The van der Waals surface area contributed by atoms with Crippen LogP contribution in [0.2, 0.25) is 0 Å². The Balaban J connectivity index is 0.920. The van der Waals surface area contributed by atoms with E-state index in [0.29, 0.717) is 0 Å². The van der Waals surface area contributed by atoms with E-state index in [4.69, 9.17) is 0 Å². The van der Waals surface area contributed by atoms with E-state index >= 15 is 0 Å². The first-order valence-corrected chi connectivity index (χ1v) is 24.6. The molecule has 1 aliphatic carbocycles. The van der Waals surface area contributed by atoms with Crippen molar-refractivity contribution in [2.45, 2.75) is 19.3 Å². The predicted molar refractivity (Wildman–Crippen MR) is 301 cm³/mol. The summed E-state index contributed by atoms with van der Waals surface area (Å²) in [5.41, 5.74) is 20.9. The quantitative estimate of drug-likeness (QED) is 0.128. The molecular weight excluding hydrogens is 857 g/mol. The van der Waals surface area contributed by atoms with Crippen LogP contribution in [0, 0.1) is 6.92 Å². The Labute approximate surface area is 417 Å². The van der Waals surface area contributed by atoms with Crippen LogP contribution in [0.25, 0.3) is 50.2 Å². The highest BCUT2D eigenvalue weighted by molar-refractivity contribution is 5.90. The topological polar surface area (TPSA) is 6.48 Å². The molecule has 0 heterocycles. The first kappa shape index (κ1) is 43.3. The maximum atomic E-state index is 2.43. The molecule has 0 amide bonds. The summed E-state index contributed by atoms with van der Waals surface area (Å²) in [6.07, 6.45) is 2.38. The van der Waals surface area contributed by atoms with Crippen molar-refractivity contribution in [2.75, 3.05) is 9.80 Å². The lowest BCUT2D eigenvalue weighted by atomic mass is 9.67. The SMILES string of the molecule is CC1=Cc2ccc(N(c3ccc(-c4ccccc4)cc3)c3ccc(-c4ccc(N(c5ccc(-c6ccccc6)cc5)c5ccc6ccccc6c5)cc4)cc3)cc2C1(c1ccccc1)c1ccc(C)cc1. The largest absolute Gasteiger partial charge is 0.310 e. The molecule has 2 nitrogen and oxygen atoms in total. The molecule has 2 heteroatoms. The van der Waals surface area contributed by atoms with E-state index in [2.05, 4.69) is 303 Å². The standard InChI is InChI=1S/C69H52N2/c1-49-22-34-61(35-23-49)69(60-20-10-5-11-21-60)50(2)46-59-33-45-67(48-68(59)69)71(64-38-26-55(27-39-64)52-16-8-4-9-17-52)65-42-30-57(31-43-65)56-28-40-63(41-29-56)70(66-44-32-53-18-12-13-19-58(53)47-66)62-36-24-54(25-37-62)51-14-6-3-7-15-51/h3-48H,1-2H3. The fourth-order valence-electron chi connectivity index (χ4n) is 10.8. The van der Waals surface area contributed by atoms with E-state index in [1.54, 1.807) is 0 Å². The second-order valence-corrected chi connectivity index (χ2v) is 18.7. The van der Waals surface area contributed by atoms with Crippen molar-refractivity contribution in [1.29, 1.82) is 0 Å². The van der Waals surface area contributed by atoms with Crippen molar-refractivity contribution in [3.8, 4) is 33.4 Å². The molecule has 1 atom stereocenters. The Morgan fingerprint density at radius 1 is 0.282 bits per heavy atom. The maximum Gasteiger partial charge on any atom is 0.0668 e. The van der Waals surface area contributed by atoms with Crippen LogP contribution in [-0.2, 0) is 5.41 Å². The van der Waals surface area contributed by atoms with Gasteiger partial charge in [-0.3, -0.25) is 0 Å². The van der Waals surface area contributed by atoms with Crippen LogP contribution >= 0.6 is 0 Å². The van der Waals surface area contributed by atoms with Gasteiger partial charge in [0.25, 0.3) is 0 Å². The Kier molecular flexibility index (Phi) is 11.3. The number of fused-ring (bicyclic) bond motifs is 2. The number of rotatable bonds is 11. The van der Waals surface area contributed by atoms with Gasteiger partial charge < -0.3 is 9.80 Å². The van der Waals surface area contributed by atoms with Gasteiger partial charge in [-0.2, -0.15) is 0 Å². The number of anilines is 6. The molecule has 11 aromatic carbocycles. The molecule has 0 radical (unpaired) electrons. The minimum Gasteiger partial charge on any atom is -0.310 e. The minimum absolute atomic E-state index is 0.436. The molecule has 338 valence electrons. The lowest BCUT2D eigenvalue weighted by Crippen LogP contribution is -2.29. The normalized spacial score (nSPS) is 13.9. The van der Waals surface area contributed by atoms with Crippen LogP contribution in [0.4, 0.5) is 34.1 Å². The summed E-state index contributed by atoms with van der Waals surface area (Å²) in [5, 5.41) is 2.44. The zero-order valence-electron chi connectivity index (χ0n) is 40.0. The van der Waals surface area contributed by atoms with Gasteiger partial charge in [-0.15, -0.1) is 0 Å². The van der Waals surface area contributed by atoms with Crippen molar-refractivity contribution in [2.24, 2.45) is 0 Å². The first-order valence-electron chi connectivity index (χ1n) is 24.6. The molecule has 0 spiro atoms. The zero-order chi connectivity index (χ0) is 47.7. The molecule has 12 rings (SSSR count). The Hall–Kier alpha value is -8.98. The summed E-state index contributed by atoms with van der Waals surface area (Å²) in [7, 11) is 0. The van der Waals surface area contributed by atoms with Crippen LogP contribution in [0.3, 0.4) is 0 Å². The molecule has 11 aromatic rings. The van der Waals surface area contributed by atoms with Crippen molar-refractivity contribution in [3.63, 3.8) is 0 Å². The second-order valence-electron chi connectivity index (χ2n) is 18.7. The highest BCUT2D eigenvalue weighted by Gasteiger charge is 2.43. The summed E-state index contributed by atoms with van der Waals surface area (Å²) in [6, 6.07) is 99.6. The smallest absolute Gasteiger partial charge is 0.0668 e. The fraction of sp³-hybridized carbons (Fsp3) is 0.0435. The van der Waals surface area contributed by atoms with Crippen LogP contribution in [-0.4, -0.2) is 0 Å². The molecule has 0 aromatic heterocycles. The third-order valence-electron chi connectivity index (χ3n) is 14.4. The molecule has 0 saturated heterocycles. The molecule has 71 heavy (non-hydrogen) atoms. The average Bonchev–Trinajstić information content (AvgIpc) is 3.74. The van der Waals surface area contributed by atoms with E-state index in [9.17, 15) is 0 Å². The number of allylic oxidation sites excluding steroid dienone is 1. The predicted octanol–water partition coefficient (Wildman–Crippen LogP) is 18.8. The number of hydrogen-bond donors (Lipinski definition) is 0. The molecule has 0 saturated carbocycles. The van der Waals surface area contributed by atoms with Crippen LogP contribution < -0.4 is 9.80 Å². The molecule has 0 bridgehead atoms. The molecule has 1 aliphatic rings. The third kappa shape index (κ3) is 8.10. The van der Waals surface area contributed by atoms with Crippen LogP contribution in [0.15, 0.2) is 279 Å². The van der Waals surface area contributed by atoms with Gasteiger partial charge in [-0.1, -0.05) is 217 Å². The summed E-state index contributed by atoms with van der Waals surface area (Å²) < 4.78 is 0. The third-order valence-corrected chi connectivity index (χ3v) is 14.4. The van der Waals surface area contributed by atoms with Gasteiger partial charge in [-0.05, 0) is 153 Å². The van der Waals surface area contributed by atoms with E-state index in [0.717, 1.165) is 45.3 Å². The van der Waals surface area contributed by atoms with Crippen molar-refractivity contribution >= 4 is 51.0 Å². The molecule has 0 fully saturated rings. The summed E-state index contributed by atoms with van der Waals surface area (Å²) in [6.45, 7) is 4.46. The van der Waals surface area contributed by atoms with E-state index in [1.807, 2.05) is 0 Å². The van der Waals surface area contributed by atoms with Gasteiger partial charge in [-0.25, -0.2) is 0 Å². The van der Waals surface area contributed by atoms with Crippen molar-refractivity contribution in [3.05, 3.63) is 306 Å². The number of nitrogens with zero attached hydrogens (tertiary/aromatic N) is 2. The summed E-state index contributed by atoms with van der Waals surface area (Å²) in [5.74, 6) is 0. The van der Waals surface area contributed by atoms with E-state index < -0.39 is 5.41 Å². The van der Waals surface area contributed by atoms with Gasteiger partial charge in [0.1, 0.15) is 0 Å². The molecule has 1 unspecified atom stereocenters. The zero-order valence-corrected chi connectivity index (χ0v) is 40.0. The monoisotopic (exact) mass is 908 g/mol. The molecular formula is C69H52N2. The lowest BCUT2D eigenvalue weighted by Gasteiger charge is -2.35. The van der Waals surface area contributed by atoms with E-state index in [-0.39, 0.29) is 0 Å². The van der Waals surface area contributed by atoms with Crippen LogP contribution in [0.1, 0.15) is 34.7 Å².